The van der Waals surface area contributed by atoms with E-state index in [4.69, 9.17) is 5.73 Å². The highest BCUT2D eigenvalue weighted by atomic mass is 19.1. The molecule has 1 unspecified atom stereocenters. The highest BCUT2D eigenvalue weighted by molar-refractivity contribution is 5.30. The summed E-state index contributed by atoms with van der Waals surface area (Å²) in [5, 5.41) is 0. The summed E-state index contributed by atoms with van der Waals surface area (Å²) in [6, 6.07) is 8.47. The molecule has 17 heavy (non-hydrogen) atoms. The highest BCUT2D eigenvalue weighted by Crippen LogP contribution is 2.20. The SMILES string of the molecule is Cc1cc(F)ccc1C(N)Cc1cccnc1. The smallest absolute Gasteiger partial charge is 0.123 e. The zero-order chi connectivity index (χ0) is 12.3. The summed E-state index contributed by atoms with van der Waals surface area (Å²) >= 11 is 0. The van der Waals surface area contributed by atoms with Crippen molar-refractivity contribution in [1.82, 2.24) is 4.98 Å². The number of halogens is 1. The fourth-order valence-electron chi connectivity index (χ4n) is 1.94. The first kappa shape index (κ1) is 11.7. The molecule has 1 aromatic carbocycles. The van der Waals surface area contributed by atoms with E-state index in [1.807, 2.05) is 19.1 Å². The van der Waals surface area contributed by atoms with Crippen molar-refractivity contribution >= 4 is 0 Å². The molecule has 0 bridgehead atoms. The van der Waals surface area contributed by atoms with Gasteiger partial charge in [0.15, 0.2) is 0 Å². The van der Waals surface area contributed by atoms with Crippen molar-refractivity contribution in [2.45, 2.75) is 19.4 Å². The maximum atomic E-state index is 13.0. The van der Waals surface area contributed by atoms with E-state index in [9.17, 15) is 4.39 Å². The minimum Gasteiger partial charge on any atom is -0.324 e. The maximum Gasteiger partial charge on any atom is 0.123 e. The summed E-state index contributed by atoms with van der Waals surface area (Å²) < 4.78 is 13.0. The minimum atomic E-state index is -0.222. The molecule has 0 fully saturated rings. The zero-order valence-electron chi connectivity index (χ0n) is 9.73. The van der Waals surface area contributed by atoms with Crippen LogP contribution >= 0.6 is 0 Å². The van der Waals surface area contributed by atoms with Gasteiger partial charge in [-0.3, -0.25) is 4.98 Å². The molecule has 2 rings (SSSR count). The number of hydrogen-bond acceptors (Lipinski definition) is 2. The molecule has 0 aliphatic rings. The van der Waals surface area contributed by atoms with Crippen molar-refractivity contribution in [2.75, 3.05) is 0 Å². The topological polar surface area (TPSA) is 38.9 Å². The number of aryl methyl sites for hydroxylation is 1. The molecule has 2 nitrogen and oxygen atoms in total. The van der Waals surface area contributed by atoms with Crippen LogP contribution in [0.25, 0.3) is 0 Å². The second-order valence-electron chi connectivity index (χ2n) is 4.17. The number of pyridine rings is 1. The van der Waals surface area contributed by atoms with Gasteiger partial charge >= 0.3 is 0 Å². The number of aromatic nitrogens is 1. The average Bonchev–Trinajstić information content (AvgIpc) is 2.30. The Bertz CT molecular complexity index is 497. The molecule has 0 amide bonds. The third kappa shape index (κ3) is 2.88. The van der Waals surface area contributed by atoms with Crippen molar-refractivity contribution in [3.05, 3.63) is 65.2 Å². The lowest BCUT2D eigenvalue weighted by molar-refractivity contribution is 0.622. The van der Waals surface area contributed by atoms with Crippen molar-refractivity contribution in [2.24, 2.45) is 5.73 Å². The fourth-order valence-corrected chi connectivity index (χ4v) is 1.94. The summed E-state index contributed by atoms with van der Waals surface area (Å²) in [5.74, 6) is -0.222. The summed E-state index contributed by atoms with van der Waals surface area (Å²) in [4.78, 5) is 4.05. The van der Waals surface area contributed by atoms with Crippen LogP contribution in [0.1, 0.15) is 22.7 Å². The molecule has 0 aliphatic carbocycles. The van der Waals surface area contributed by atoms with E-state index in [1.54, 1.807) is 18.5 Å². The first-order valence-corrected chi connectivity index (χ1v) is 5.57. The summed E-state index contributed by atoms with van der Waals surface area (Å²) in [6.45, 7) is 1.88. The van der Waals surface area contributed by atoms with Crippen LogP contribution in [0.5, 0.6) is 0 Å². The van der Waals surface area contributed by atoms with Crippen molar-refractivity contribution < 1.29 is 4.39 Å². The normalized spacial score (nSPS) is 12.4. The Hall–Kier alpha value is -1.74. The first-order valence-electron chi connectivity index (χ1n) is 5.57. The number of nitrogens with two attached hydrogens (primary N) is 1. The standard InChI is InChI=1S/C14H15FN2/c1-10-7-12(15)4-5-13(10)14(16)8-11-3-2-6-17-9-11/h2-7,9,14H,8,16H2,1H3. The summed E-state index contributed by atoms with van der Waals surface area (Å²) in [6.07, 6.45) is 4.25. The van der Waals surface area contributed by atoms with Crippen molar-refractivity contribution in [3.63, 3.8) is 0 Å². The molecule has 0 aliphatic heterocycles. The lowest BCUT2D eigenvalue weighted by Gasteiger charge is -2.14. The van der Waals surface area contributed by atoms with Gasteiger partial charge in [-0.15, -0.1) is 0 Å². The average molecular weight is 230 g/mol. The molecule has 88 valence electrons. The maximum absolute atomic E-state index is 13.0. The number of rotatable bonds is 3. The van der Waals surface area contributed by atoms with E-state index in [-0.39, 0.29) is 11.9 Å². The van der Waals surface area contributed by atoms with Crippen LogP contribution in [0.2, 0.25) is 0 Å². The minimum absolute atomic E-state index is 0.125. The van der Waals surface area contributed by atoms with Crippen LogP contribution in [-0.4, -0.2) is 4.98 Å². The molecule has 0 saturated carbocycles. The Morgan fingerprint density at radius 3 is 2.82 bits per heavy atom. The Kier molecular flexibility index (Phi) is 3.49. The number of nitrogens with zero attached hydrogens (tertiary/aromatic N) is 1. The lowest BCUT2D eigenvalue weighted by atomic mass is 9.97. The van der Waals surface area contributed by atoms with Crippen LogP contribution in [0.3, 0.4) is 0 Å². The van der Waals surface area contributed by atoms with Gasteiger partial charge in [-0.25, -0.2) is 4.39 Å². The van der Waals surface area contributed by atoms with Gasteiger partial charge in [0.05, 0.1) is 0 Å². The molecule has 2 aromatic rings. The van der Waals surface area contributed by atoms with Gasteiger partial charge in [-0.05, 0) is 48.2 Å². The third-order valence-corrected chi connectivity index (χ3v) is 2.81. The van der Waals surface area contributed by atoms with Gasteiger partial charge < -0.3 is 5.73 Å². The van der Waals surface area contributed by atoms with Gasteiger partial charge in [-0.1, -0.05) is 12.1 Å². The van der Waals surface area contributed by atoms with Crippen LogP contribution in [0.4, 0.5) is 4.39 Å². The lowest BCUT2D eigenvalue weighted by Crippen LogP contribution is -2.14. The van der Waals surface area contributed by atoms with E-state index in [2.05, 4.69) is 4.98 Å². The molecule has 1 atom stereocenters. The van der Waals surface area contributed by atoms with Gasteiger partial charge in [0, 0.05) is 18.4 Å². The van der Waals surface area contributed by atoms with Crippen LogP contribution < -0.4 is 5.73 Å². The van der Waals surface area contributed by atoms with Crippen LogP contribution in [0.15, 0.2) is 42.7 Å². The second-order valence-corrected chi connectivity index (χ2v) is 4.17. The molecule has 0 radical (unpaired) electrons. The van der Waals surface area contributed by atoms with Crippen LogP contribution in [0, 0.1) is 12.7 Å². The summed E-state index contributed by atoms with van der Waals surface area (Å²) in [5.41, 5.74) is 9.09. The second kappa shape index (κ2) is 5.06. The Labute approximate surface area is 100 Å². The highest BCUT2D eigenvalue weighted by Gasteiger charge is 2.10. The van der Waals surface area contributed by atoms with E-state index in [1.165, 1.54) is 12.1 Å². The van der Waals surface area contributed by atoms with Crippen LogP contribution in [-0.2, 0) is 6.42 Å². The van der Waals surface area contributed by atoms with E-state index in [0.717, 1.165) is 16.7 Å². The largest absolute Gasteiger partial charge is 0.324 e. The predicted molar refractivity (Wildman–Crippen MR) is 66.0 cm³/mol. The Balaban J connectivity index is 2.17. The molecular weight excluding hydrogens is 215 g/mol. The molecule has 0 spiro atoms. The molecule has 0 saturated heterocycles. The monoisotopic (exact) mass is 230 g/mol. The molecule has 2 N–H and O–H groups in total. The number of benzene rings is 1. The predicted octanol–water partition coefficient (Wildman–Crippen LogP) is 2.77. The third-order valence-electron chi connectivity index (χ3n) is 2.81. The van der Waals surface area contributed by atoms with Gasteiger partial charge in [0.1, 0.15) is 5.82 Å². The van der Waals surface area contributed by atoms with E-state index in [0.29, 0.717) is 6.42 Å². The van der Waals surface area contributed by atoms with E-state index >= 15 is 0 Å². The van der Waals surface area contributed by atoms with Gasteiger partial charge in [0.2, 0.25) is 0 Å². The number of hydrogen-bond donors (Lipinski definition) is 1. The molecule has 1 aromatic heterocycles. The zero-order valence-corrected chi connectivity index (χ0v) is 9.73. The van der Waals surface area contributed by atoms with Gasteiger partial charge in [0.25, 0.3) is 0 Å². The van der Waals surface area contributed by atoms with Crippen molar-refractivity contribution in [3.8, 4) is 0 Å². The molecule has 3 heteroatoms. The van der Waals surface area contributed by atoms with Gasteiger partial charge in [-0.2, -0.15) is 0 Å². The molecular formula is C14H15FN2. The Morgan fingerprint density at radius 2 is 2.18 bits per heavy atom. The molecule has 1 heterocycles. The van der Waals surface area contributed by atoms with E-state index < -0.39 is 0 Å². The fraction of sp³-hybridized carbons (Fsp3) is 0.214. The Morgan fingerprint density at radius 1 is 1.35 bits per heavy atom. The first-order chi connectivity index (χ1) is 8.16. The van der Waals surface area contributed by atoms with Crippen molar-refractivity contribution in [1.29, 1.82) is 0 Å². The quantitative estimate of drug-likeness (QED) is 0.880. The summed E-state index contributed by atoms with van der Waals surface area (Å²) in [7, 11) is 0.